The number of nitrogens with zero attached hydrogens (tertiary/aromatic N) is 1. The summed E-state index contributed by atoms with van der Waals surface area (Å²) < 4.78 is 0. The van der Waals surface area contributed by atoms with Gasteiger partial charge in [0.25, 0.3) is 0 Å². The number of hydrogen-bond acceptors (Lipinski definition) is 3. The summed E-state index contributed by atoms with van der Waals surface area (Å²) in [6, 6.07) is 0.250. The molecule has 2 saturated carbocycles. The zero-order valence-electron chi connectivity index (χ0n) is 8.43. The van der Waals surface area contributed by atoms with Crippen molar-refractivity contribution in [2.45, 2.75) is 25.3 Å². The molecule has 0 aliphatic heterocycles. The number of carboxylic acids is 1. The van der Waals surface area contributed by atoms with Crippen LogP contribution in [0.3, 0.4) is 0 Å². The van der Waals surface area contributed by atoms with E-state index in [0.717, 1.165) is 12.8 Å². The number of aliphatic carboxylic acids is 1. The Morgan fingerprint density at radius 2 is 1.93 bits per heavy atom. The van der Waals surface area contributed by atoms with Crippen molar-refractivity contribution in [1.82, 2.24) is 4.90 Å². The minimum atomic E-state index is -0.881. The molecular formula is C10H15NO4. The van der Waals surface area contributed by atoms with Gasteiger partial charge in [0, 0.05) is 12.6 Å². The Balaban J connectivity index is 1.91. The molecule has 0 aromatic carbocycles. The van der Waals surface area contributed by atoms with Gasteiger partial charge in [0.15, 0.2) is 0 Å². The lowest BCUT2D eigenvalue weighted by Crippen LogP contribution is -2.37. The van der Waals surface area contributed by atoms with E-state index in [9.17, 15) is 9.59 Å². The fourth-order valence-corrected chi connectivity index (χ4v) is 1.92. The predicted octanol–water partition coefficient (Wildman–Crippen LogP) is -0.310. The number of carbonyl (C=O) groups excluding carboxylic acids is 1. The van der Waals surface area contributed by atoms with Gasteiger partial charge in [-0.15, -0.1) is 0 Å². The first-order valence-corrected chi connectivity index (χ1v) is 5.29. The largest absolute Gasteiger partial charge is 0.481 e. The summed E-state index contributed by atoms with van der Waals surface area (Å²) in [5.74, 6) is -1.79. The smallest absolute Gasteiger partial charge is 0.307 e. The van der Waals surface area contributed by atoms with Gasteiger partial charge >= 0.3 is 5.97 Å². The van der Waals surface area contributed by atoms with E-state index >= 15 is 0 Å². The van der Waals surface area contributed by atoms with E-state index in [1.807, 2.05) is 0 Å². The second-order valence-electron chi connectivity index (χ2n) is 4.27. The highest BCUT2D eigenvalue weighted by Gasteiger charge is 2.51. The first-order chi connectivity index (χ1) is 7.15. The van der Waals surface area contributed by atoms with E-state index in [-0.39, 0.29) is 24.5 Å². The summed E-state index contributed by atoms with van der Waals surface area (Å²) in [7, 11) is 0. The fourth-order valence-electron chi connectivity index (χ4n) is 1.92. The minimum absolute atomic E-state index is 0.0489. The Morgan fingerprint density at radius 1 is 1.27 bits per heavy atom. The standard InChI is InChI=1S/C10H15NO4/c12-4-3-11(6-1-2-6)9(13)7-5-8(7)10(14)15/h6-8,12H,1-5H2,(H,14,15). The van der Waals surface area contributed by atoms with Crippen LogP contribution in [0.25, 0.3) is 0 Å². The predicted molar refractivity (Wildman–Crippen MR) is 51.1 cm³/mol. The van der Waals surface area contributed by atoms with Gasteiger partial charge in [-0.3, -0.25) is 9.59 Å². The lowest BCUT2D eigenvalue weighted by atomic mass is 10.2. The van der Waals surface area contributed by atoms with Gasteiger partial charge in [0.2, 0.25) is 5.91 Å². The summed E-state index contributed by atoms with van der Waals surface area (Å²) >= 11 is 0. The SMILES string of the molecule is O=C(O)C1CC1C(=O)N(CCO)C1CC1. The molecule has 2 fully saturated rings. The molecule has 2 rings (SSSR count). The number of rotatable bonds is 5. The van der Waals surface area contributed by atoms with Gasteiger partial charge < -0.3 is 15.1 Å². The number of carboxylic acid groups (broad SMARTS) is 1. The Labute approximate surface area is 87.7 Å². The topological polar surface area (TPSA) is 77.8 Å². The molecule has 0 bridgehead atoms. The Bertz CT molecular complexity index is 287. The van der Waals surface area contributed by atoms with Crippen LogP contribution in [0.2, 0.25) is 0 Å². The van der Waals surface area contributed by atoms with Gasteiger partial charge in [0.1, 0.15) is 0 Å². The maximum Gasteiger partial charge on any atom is 0.307 e. The summed E-state index contributed by atoms with van der Waals surface area (Å²) in [6.07, 6.45) is 2.43. The van der Waals surface area contributed by atoms with E-state index in [4.69, 9.17) is 10.2 Å². The van der Waals surface area contributed by atoms with Gasteiger partial charge in [-0.1, -0.05) is 0 Å². The van der Waals surface area contributed by atoms with Gasteiger partial charge in [-0.2, -0.15) is 0 Å². The summed E-state index contributed by atoms with van der Waals surface area (Å²) in [5, 5.41) is 17.5. The zero-order chi connectivity index (χ0) is 11.0. The molecule has 0 aromatic rings. The van der Waals surface area contributed by atoms with Crippen molar-refractivity contribution >= 4 is 11.9 Å². The van der Waals surface area contributed by atoms with Crippen LogP contribution >= 0.6 is 0 Å². The molecule has 0 aromatic heterocycles. The van der Waals surface area contributed by atoms with Gasteiger partial charge in [0.05, 0.1) is 18.4 Å². The van der Waals surface area contributed by atoms with E-state index < -0.39 is 11.9 Å². The second-order valence-corrected chi connectivity index (χ2v) is 4.27. The van der Waals surface area contributed by atoms with Gasteiger partial charge in [-0.05, 0) is 19.3 Å². The Morgan fingerprint density at radius 3 is 2.33 bits per heavy atom. The molecule has 2 unspecified atom stereocenters. The molecule has 2 N–H and O–H groups in total. The van der Waals surface area contributed by atoms with Crippen LogP contribution in [0.5, 0.6) is 0 Å². The molecule has 84 valence electrons. The molecule has 5 nitrogen and oxygen atoms in total. The molecule has 0 heterocycles. The monoisotopic (exact) mass is 213 g/mol. The number of aliphatic hydroxyl groups is 1. The first-order valence-electron chi connectivity index (χ1n) is 5.29. The van der Waals surface area contributed by atoms with E-state index in [0.29, 0.717) is 13.0 Å². The third-order valence-electron chi connectivity index (χ3n) is 3.04. The molecule has 2 aliphatic carbocycles. The molecular weight excluding hydrogens is 198 g/mol. The van der Waals surface area contributed by atoms with Crippen molar-refractivity contribution in [3.05, 3.63) is 0 Å². The molecule has 0 saturated heterocycles. The number of carbonyl (C=O) groups is 2. The molecule has 0 spiro atoms. The van der Waals surface area contributed by atoms with Crippen molar-refractivity contribution in [1.29, 1.82) is 0 Å². The minimum Gasteiger partial charge on any atom is -0.481 e. The maximum atomic E-state index is 11.8. The van der Waals surface area contributed by atoms with Crippen LogP contribution < -0.4 is 0 Å². The van der Waals surface area contributed by atoms with E-state index in [1.54, 1.807) is 4.90 Å². The normalized spacial score (nSPS) is 28.6. The van der Waals surface area contributed by atoms with Crippen LogP contribution in [-0.4, -0.2) is 46.2 Å². The highest BCUT2D eigenvalue weighted by molar-refractivity contribution is 5.89. The summed E-state index contributed by atoms with van der Waals surface area (Å²) in [5.41, 5.74) is 0. The average molecular weight is 213 g/mol. The highest BCUT2D eigenvalue weighted by Crippen LogP contribution is 2.42. The number of aliphatic hydroxyl groups excluding tert-OH is 1. The first kappa shape index (κ1) is 10.4. The summed E-state index contributed by atoms with van der Waals surface area (Å²) in [6.45, 7) is 0.291. The maximum absolute atomic E-state index is 11.8. The van der Waals surface area contributed by atoms with E-state index in [1.165, 1.54) is 0 Å². The van der Waals surface area contributed by atoms with Crippen molar-refractivity contribution in [2.75, 3.05) is 13.2 Å². The van der Waals surface area contributed by atoms with Crippen molar-refractivity contribution in [3.8, 4) is 0 Å². The zero-order valence-corrected chi connectivity index (χ0v) is 8.43. The molecule has 2 aliphatic rings. The molecule has 1 amide bonds. The quantitative estimate of drug-likeness (QED) is 0.656. The average Bonchev–Trinajstić information content (AvgIpc) is 3.03. The fraction of sp³-hybridized carbons (Fsp3) is 0.800. The third-order valence-corrected chi connectivity index (χ3v) is 3.04. The molecule has 15 heavy (non-hydrogen) atoms. The van der Waals surface area contributed by atoms with Crippen LogP contribution in [0.1, 0.15) is 19.3 Å². The van der Waals surface area contributed by atoms with Crippen molar-refractivity contribution < 1.29 is 19.8 Å². The lowest BCUT2D eigenvalue weighted by molar-refractivity contribution is -0.142. The van der Waals surface area contributed by atoms with Crippen LogP contribution in [0.4, 0.5) is 0 Å². The van der Waals surface area contributed by atoms with Crippen LogP contribution in [0.15, 0.2) is 0 Å². The van der Waals surface area contributed by atoms with Gasteiger partial charge in [-0.25, -0.2) is 0 Å². The highest BCUT2D eigenvalue weighted by atomic mass is 16.4. The molecule has 2 atom stereocenters. The summed E-state index contributed by atoms with van der Waals surface area (Å²) in [4.78, 5) is 24.1. The third kappa shape index (κ3) is 2.12. The molecule has 0 radical (unpaired) electrons. The lowest BCUT2D eigenvalue weighted by Gasteiger charge is -2.21. The Kier molecular flexibility index (Phi) is 2.65. The van der Waals surface area contributed by atoms with Crippen LogP contribution in [-0.2, 0) is 9.59 Å². The van der Waals surface area contributed by atoms with Crippen molar-refractivity contribution in [3.63, 3.8) is 0 Å². The number of amides is 1. The number of hydrogen-bond donors (Lipinski definition) is 2. The molecule has 5 heteroatoms. The van der Waals surface area contributed by atoms with E-state index in [2.05, 4.69) is 0 Å². The van der Waals surface area contributed by atoms with Crippen LogP contribution in [0, 0.1) is 11.8 Å². The second kappa shape index (κ2) is 3.81. The Hall–Kier alpha value is -1.10. The van der Waals surface area contributed by atoms with Crippen molar-refractivity contribution in [2.24, 2.45) is 11.8 Å².